The molecule has 12 heterocycles. The Labute approximate surface area is 699 Å². The highest BCUT2D eigenvalue weighted by Crippen LogP contribution is 2.41. The first kappa shape index (κ1) is 81.9. The quantitative estimate of drug-likeness (QED) is 0.0226. The van der Waals surface area contributed by atoms with E-state index in [2.05, 4.69) is 61.2 Å². The number of thiazole rings is 2. The first-order valence-electron chi connectivity index (χ1n) is 40.8. The largest absolute Gasteiger partial charge is 0.507 e. The minimum absolute atomic E-state index is 0.00537. The van der Waals surface area contributed by atoms with Gasteiger partial charge in [0.15, 0.2) is 34.2 Å². The fourth-order valence-corrected chi connectivity index (χ4v) is 18.8. The second-order valence-corrected chi connectivity index (χ2v) is 34.2. The number of para-hydroxylation sites is 1. The second kappa shape index (κ2) is 35.2. The molecule has 4 amide bonds. The third-order valence-corrected chi connectivity index (χ3v) is 25.4. The van der Waals surface area contributed by atoms with E-state index in [0.717, 1.165) is 93.2 Å². The molecule has 32 nitrogen and oxygen atoms in total. The van der Waals surface area contributed by atoms with Crippen molar-refractivity contribution in [2.24, 2.45) is 11.8 Å². The number of rotatable bonds is 28. The van der Waals surface area contributed by atoms with Gasteiger partial charge in [0.05, 0.1) is 91.0 Å². The first-order chi connectivity index (χ1) is 57.9. The van der Waals surface area contributed by atoms with E-state index in [1.54, 1.807) is 53.2 Å². The van der Waals surface area contributed by atoms with E-state index in [1.807, 2.05) is 142 Å². The number of phenols is 2. The molecule has 4 aliphatic heterocycles. The fraction of sp³-hybridized carbons (Fsp3) is 0.419. The summed E-state index contributed by atoms with van der Waals surface area (Å²) in [6.45, 7) is 17.9. The molecule has 12 aromatic rings. The van der Waals surface area contributed by atoms with Gasteiger partial charge in [-0.05, 0) is 146 Å². The van der Waals surface area contributed by atoms with Gasteiger partial charge in [0.2, 0.25) is 23.6 Å². The summed E-state index contributed by atoms with van der Waals surface area (Å²) in [7, 11) is 0. The van der Waals surface area contributed by atoms with Crippen LogP contribution in [0.25, 0.3) is 65.5 Å². The number of phenolic OH excluding ortho intramolecular Hbond substituents is 2. The van der Waals surface area contributed by atoms with Crippen LogP contribution in [0.3, 0.4) is 0 Å². The van der Waals surface area contributed by atoms with Crippen molar-refractivity contribution >= 4 is 80.0 Å². The zero-order chi connectivity index (χ0) is 83.7. The van der Waals surface area contributed by atoms with Gasteiger partial charge in [-0.3, -0.25) is 38.3 Å². The molecule has 8 aromatic heterocycles. The molecule has 0 saturated carbocycles. The van der Waals surface area contributed by atoms with Crippen molar-refractivity contribution in [3.8, 4) is 66.7 Å². The number of likely N-dealkylation sites (tertiary alicyclic amines) is 4. The Morgan fingerprint density at radius 1 is 0.567 bits per heavy atom. The molecule has 4 fully saturated rings. The number of nitrogens with one attached hydrogen (secondary N) is 2. The number of aliphatic hydroxyl groups is 2. The second-order valence-electron chi connectivity index (χ2n) is 32.5. The van der Waals surface area contributed by atoms with Crippen molar-refractivity contribution in [1.29, 1.82) is 0 Å². The molecular formula is C86H98N20O12S2. The van der Waals surface area contributed by atoms with E-state index in [1.165, 1.54) is 21.1 Å². The number of carbonyl (C=O) groups is 4. The van der Waals surface area contributed by atoms with Crippen LogP contribution in [0.1, 0.15) is 156 Å². The highest BCUT2D eigenvalue weighted by Gasteiger charge is 2.46. The summed E-state index contributed by atoms with van der Waals surface area (Å²) in [5.41, 5.74) is 27.1. The first-order valence-corrected chi connectivity index (χ1v) is 42.6. The smallest absolute Gasteiger partial charge is 0.254 e. The Kier molecular flexibility index (Phi) is 24.1. The van der Waals surface area contributed by atoms with Crippen molar-refractivity contribution in [2.75, 3.05) is 77.0 Å². The van der Waals surface area contributed by atoms with Crippen LogP contribution in [0.5, 0.6) is 23.3 Å². The molecule has 10 N–H and O–H groups in total. The zero-order valence-corrected chi connectivity index (χ0v) is 69.4. The molecule has 4 saturated heterocycles. The number of nitrogen functional groups attached to an aromatic ring is 2. The number of hydrogen-bond acceptors (Lipinski definition) is 28. The van der Waals surface area contributed by atoms with E-state index in [0.29, 0.717) is 83.2 Å². The highest BCUT2D eigenvalue weighted by molar-refractivity contribution is 7.13. The lowest BCUT2D eigenvalue weighted by Crippen LogP contribution is -2.48. The molecule has 34 heteroatoms. The summed E-state index contributed by atoms with van der Waals surface area (Å²) in [5, 5.41) is 85.9. The van der Waals surface area contributed by atoms with Crippen LogP contribution in [0.2, 0.25) is 0 Å². The summed E-state index contributed by atoms with van der Waals surface area (Å²) in [5.74, 6) is -1.90. The van der Waals surface area contributed by atoms with E-state index >= 15 is 0 Å². The lowest BCUT2D eigenvalue weighted by Gasteiger charge is -2.32. The number of fused-ring (bicyclic) bond motifs is 2. The predicted molar refractivity (Wildman–Crippen MR) is 450 cm³/mol. The SMILES string of the molecule is Cc1ncsc1-c1ccc([C@H](C)NC(=O)[C@@H]2C[C@@H](O)CN2C(=O)[C@H](c2cc(OCCN3CCCC(n4nc(N)c5nnc(-c6ccc(Cc7ncsc7-c7ccc([C@H](C)NC(=O)[C@@H]8C[C@@H](O)CN8C(=O)[C@@H](c8cc(OCCN9CCCC(n%10nc(N)c%11nnc(-c%12ccccc%12O)cc%11%10)C9)no8)C(C)C)cc7)cc6O)cc54)C3)no2)C(C)C)cc1. The molecule has 0 aliphatic carbocycles. The number of carbonyl (C=O) groups excluding carboxylic acids is 4. The summed E-state index contributed by atoms with van der Waals surface area (Å²) in [4.78, 5) is 75.9. The maximum atomic E-state index is 14.6. The van der Waals surface area contributed by atoms with Crippen LogP contribution < -0.4 is 31.6 Å². The molecule has 120 heavy (non-hydrogen) atoms. The minimum atomic E-state index is -0.943. The molecule has 0 radical (unpaired) electrons. The van der Waals surface area contributed by atoms with E-state index < -0.39 is 48.1 Å². The molecule has 2 unspecified atom stereocenters. The average molecular weight is 1670 g/mol. The van der Waals surface area contributed by atoms with E-state index in [9.17, 15) is 39.6 Å². The van der Waals surface area contributed by atoms with Gasteiger partial charge in [-0.2, -0.15) is 10.2 Å². The number of anilines is 2. The maximum absolute atomic E-state index is 14.6. The van der Waals surface area contributed by atoms with Gasteiger partial charge in [0.1, 0.15) is 48.6 Å². The number of β-amino-alcohol motifs (C(OH)–C–C–N with tert-alkyl or cyclic N) is 2. The molecule has 0 bridgehead atoms. The van der Waals surface area contributed by atoms with Gasteiger partial charge >= 0.3 is 0 Å². The Morgan fingerprint density at radius 2 is 1.04 bits per heavy atom. The number of aromatic nitrogens is 12. The monoisotopic (exact) mass is 1670 g/mol. The highest BCUT2D eigenvalue weighted by atomic mass is 32.1. The molecule has 626 valence electrons. The van der Waals surface area contributed by atoms with Crippen molar-refractivity contribution in [3.63, 3.8) is 0 Å². The summed E-state index contributed by atoms with van der Waals surface area (Å²) < 4.78 is 27.7. The number of piperidine rings is 2. The Balaban J connectivity index is 0.499. The number of amides is 4. The van der Waals surface area contributed by atoms with Crippen molar-refractivity contribution < 1.29 is 58.1 Å². The minimum Gasteiger partial charge on any atom is -0.507 e. The predicted octanol–water partition coefficient (Wildman–Crippen LogP) is 10.6. The summed E-state index contributed by atoms with van der Waals surface area (Å²) in [6.07, 6.45) is 2.25. The van der Waals surface area contributed by atoms with Crippen molar-refractivity contribution in [3.05, 3.63) is 166 Å². The lowest BCUT2D eigenvalue weighted by atomic mass is 9.91. The Hall–Kier alpha value is -11.8. The third-order valence-electron chi connectivity index (χ3n) is 23.5. The Morgan fingerprint density at radius 3 is 1.52 bits per heavy atom. The van der Waals surface area contributed by atoms with Crippen LogP contribution in [0.15, 0.2) is 135 Å². The van der Waals surface area contributed by atoms with Gasteiger partial charge in [0, 0.05) is 81.8 Å². The lowest BCUT2D eigenvalue weighted by molar-refractivity contribution is -0.141. The van der Waals surface area contributed by atoms with E-state index in [-0.39, 0.29) is 122 Å². The van der Waals surface area contributed by atoms with Crippen LogP contribution in [0, 0.1) is 18.8 Å². The van der Waals surface area contributed by atoms with Gasteiger partial charge in [0.25, 0.3) is 11.8 Å². The van der Waals surface area contributed by atoms with Crippen molar-refractivity contribution in [2.45, 2.75) is 154 Å². The summed E-state index contributed by atoms with van der Waals surface area (Å²) in [6, 6.07) is 32.5. The topological polar surface area (TPSA) is 422 Å². The number of aliphatic hydroxyl groups excluding tert-OH is 2. The van der Waals surface area contributed by atoms with Gasteiger partial charge in [-0.1, -0.05) is 94.4 Å². The molecule has 0 spiro atoms. The maximum Gasteiger partial charge on any atom is 0.254 e. The summed E-state index contributed by atoms with van der Waals surface area (Å²) >= 11 is 3.07. The number of nitrogens with two attached hydrogens (primary N) is 2. The fourth-order valence-electron chi connectivity index (χ4n) is 17.2. The number of nitrogens with zero attached hydrogens (tertiary/aromatic N) is 16. The molecular weight excluding hydrogens is 1570 g/mol. The Bertz CT molecular complexity index is 5690. The third kappa shape index (κ3) is 17.4. The number of hydrogen-bond donors (Lipinski definition) is 8. The van der Waals surface area contributed by atoms with Crippen LogP contribution >= 0.6 is 22.7 Å². The molecule has 16 rings (SSSR count). The van der Waals surface area contributed by atoms with Crippen LogP contribution in [0.4, 0.5) is 11.6 Å². The standard InChI is InChI=1S/C86H98N20O12S2/c1-46(2)75(85(113)103-42-58(107)34-67(103)83(111)91-48(5)52-17-21-54(22-18-52)79-50(7)89-44-119-79)71-38-74(100-117-71)116-31-29-102-27-11-13-57(41-102)106-66-37-63(94-96-78(66)82(88)98-106)61-25-16-51(33-70(61)110)32-64-80(120-45-90-64)55-23-19-53(20-24-55)49(6)92-84(112)68-35-59(108)43-104(68)86(114)76(47(3)4)72-39-73(99-118-72)115-30-28-101-26-10-12-56(40-101)105-65-36-62(60-14-8-9-15-69(60)109)93-95-77(65)81(87)97-105/h8-9,14-25,33,36-39,44-49,56-59,67-68,75-76,107-110H,10-13,26-32,34-35,40-43H2,1-7H3,(H2,87,97)(H2,88,98)(H,91,111)(H,92,112)/t48-,49-,56?,57?,58+,59+,67-,68-,75-,76+/m0/s1. The molecule has 10 atom stereocenters. The van der Waals surface area contributed by atoms with Gasteiger partial charge in [-0.25, -0.2) is 9.97 Å². The number of aryl methyl sites for hydroxylation is 1. The normalized spacial score (nSPS) is 19.7. The molecule has 4 aliphatic rings. The van der Waals surface area contributed by atoms with Gasteiger partial charge < -0.3 is 70.8 Å². The van der Waals surface area contributed by atoms with E-state index in [4.69, 9.17) is 40.1 Å². The number of benzene rings is 4. The average Bonchev–Trinajstić information content (AvgIpc) is 1.63. The number of aromatic hydroxyl groups is 2. The van der Waals surface area contributed by atoms with Gasteiger partial charge in [-0.15, -0.1) is 43.1 Å². The van der Waals surface area contributed by atoms with Crippen molar-refractivity contribution in [1.82, 2.24) is 90.5 Å². The van der Waals surface area contributed by atoms with Crippen LogP contribution in [-0.2, 0) is 25.6 Å². The molecule has 4 aromatic carbocycles. The zero-order valence-electron chi connectivity index (χ0n) is 67.8. The van der Waals surface area contributed by atoms with Crippen LogP contribution in [-0.4, -0.2) is 214 Å². The number of ether oxygens (including phenoxy) is 2.